The minimum absolute atomic E-state index is 0.124. The number of carbonyl (C=O) groups excluding carboxylic acids is 1. The highest BCUT2D eigenvalue weighted by atomic mass is 16.4. The van der Waals surface area contributed by atoms with Crippen molar-refractivity contribution in [2.75, 3.05) is 0 Å². The van der Waals surface area contributed by atoms with Gasteiger partial charge in [0.15, 0.2) is 0 Å². The van der Waals surface area contributed by atoms with Crippen molar-refractivity contribution < 1.29 is 19.1 Å². The van der Waals surface area contributed by atoms with Gasteiger partial charge < -0.3 is 14.4 Å². The molecule has 1 N–H and O–H groups in total. The molecule has 0 saturated heterocycles. The molecule has 23 heavy (non-hydrogen) atoms. The van der Waals surface area contributed by atoms with Gasteiger partial charge in [-0.05, 0) is 44.2 Å². The fraction of sp³-hybridized carbons (Fsp3) is 0.667. The highest BCUT2D eigenvalue weighted by Gasteiger charge is 2.36. The molecule has 2 aliphatic carbocycles. The third-order valence-corrected chi connectivity index (χ3v) is 5.33. The topological polar surface area (TPSA) is 70.8 Å². The van der Waals surface area contributed by atoms with E-state index >= 15 is 0 Å². The Morgan fingerprint density at radius 3 is 2.52 bits per heavy atom. The van der Waals surface area contributed by atoms with E-state index < -0.39 is 5.97 Å². The highest BCUT2D eigenvalue weighted by Crippen LogP contribution is 2.33. The van der Waals surface area contributed by atoms with Crippen LogP contribution in [0.1, 0.15) is 57.1 Å². The summed E-state index contributed by atoms with van der Waals surface area (Å²) in [5, 5.41) is 9.26. The molecule has 2 unspecified atom stereocenters. The molecule has 2 saturated carbocycles. The lowest BCUT2D eigenvalue weighted by atomic mass is 9.80. The van der Waals surface area contributed by atoms with Gasteiger partial charge in [0.05, 0.1) is 18.7 Å². The number of rotatable bonds is 5. The van der Waals surface area contributed by atoms with E-state index in [9.17, 15) is 14.7 Å². The molecule has 3 rings (SSSR count). The zero-order chi connectivity index (χ0) is 16.2. The molecule has 2 fully saturated rings. The zero-order valence-corrected chi connectivity index (χ0v) is 13.4. The Morgan fingerprint density at radius 1 is 1.13 bits per heavy atom. The van der Waals surface area contributed by atoms with Crippen LogP contribution in [-0.4, -0.2) is 27.9 Å². The smallest absolute Gasteiger partial charge is 0.306 e. The quantitative estimate of drug-likeness (QED) is 0.902. The molecule has 2 aliphatic rings. The Balaban J connectivity index is 1.72. The molecule has 5 nitrogen and oxygen atoms in total. The van der Waals surface area contributed by atoms with Crippen molar-refractivity contribution in [1.29, 1.82) is 0 Å². The van der Waals surface area contributed by atoms with Crippen molar-refractivity contribution in [2.45, 2.75) is 64.0 Å². The van der Waals surface area contributed by atoms with Crippen molar-refractivity contribution >= 4 is 11.9 Å². The predicted octanol–water partition coefficient (Wildman–Crippen LogP) is 3.44. The number of carboxylic acid groups (broad SMARTS) is 1. The van der Waals surface area contributed by atoms with Crippen molar-refractivity contribution in [3.8, 4) is 0 Å². The summed E-state index contributed by atoms with van der Waals surface area (Å²) in [7, 11) is 0. The highest BCUT2D eigenvalue weighted by molar-refractivity contribution is 5.80. The van der Waals surface area contributed by atoms with E-state index in [-0.39, 0.29) is 23.8 Å². The average molecular weight is 319 g/mol. The van der Waals surface area contributed by atoms with E-state index in [1.165, 1.54) is 0 Å². The van der Waals surface area contributed by atoms with Crippen LogP contribution in [0.3, 0.4) is 0 Å². The normalized spacial score (nSPS) is 25.4. The van der Waals surface area contributed by atoms with Gasteiger partial charge in [0, 0.05) is 12.0 Å². The lowest BCUT2D eigenvalue weighted by molar-refractivity contribution is -0.146. The number of carboxylic acids is 1. The first-order chi connectivity index (χ1) is 11.1. The summed E-state index contributed by atoms with van der Waals surface area (Å²) < 4.78 is 5.43. The molecule has 0 radical (unpaired) electrons. The lowest BCUT2D eigenvalue weighted by Gasteiger charge is -2.34. The number of aliphatic carboxylic acids is 1. The number of hydrogen-bond donors (Lipinski definition) is 1. The summed E-state index contributed by atoms with van der Waals surface area (Å²) in [5.41, 5.74) is 0. The molecule has 0 spiro atoms. The van der Waals surface area contributed by atoms with Gasteiger partial charge in [-0.25, -0.2) is 0 Å². The van der Waals surface area contributed by atoms with Crippen LogP contribution < -0.4 is 0 Å². The Labute approximate surface area is 136 Å². The van der Waals surface area contributed by atoms with Crippen LogP contribution in [0.4, 0.5) is 0 Å². The minimum Gasteiger partial charge on any atom is -0.481 e. The van der Waals surface area contributed by atoms with Crippen LogP contribution in [0.15, 0.2) is 22.8 Å². The van der Waals surface area contributed by atoms with Crippen molar-refractivity contribution in [1.82, 2.24) is 4.90 Å². The van der Waals surface area contributed by atoms with E-state index in [2.05, 4.69) is 0 Å². The number of carbonyl (C=O) groups is 2. The van der Waals surface area contributed by atoms with Gasteiger partial charge in [0.2, 0.25) is 5.91 Å². The van der Waals surface area contributed by atoms with Gasteiger partial charge in [-0.15, -0.1) is 0 Å². The Bertz CT molecular complexity index is 533. The molecular weight excluding hydrogens is 294 g/mol. The molecule has 0 aliphatic heterocycles. The van der Waals surface area contributed by atoms with Gasteiger partial charge >= 0.3 is 5.97 Å². The summed E-state index contributed by atoms with van der Waals surface area (Å²) in [4.78, 5) is 26.3. The van der Waals surface area contributed by atoms with E-state index in [1.54, 1.807) is 6.26 Å². The number of amides is 1. The SMILES string of the molecule is O=C(O)C1CCCC(C(=O)N(Cc2ccco2)C2CCCC2)C1. The molecule has 2 atom stereocenters. The Hall–Kier alpha value is -1.78. The molecule has 1 amide bonds. The molecule has 1 aromatic rings. The third kappa shape index (κ3) is 3.77. The summed E-state index contributed by atoms with van der Waals surface area (Å²) in [6.07, 6.45) is 8.85. The van der Waals surface area contributed by atoms with Crippen LogP contribution in [0.5, 0.6) is 0 Å². The molecule has 0 aromatic carbocycles. The van der Waals surface area contributed by atoms with E-state index in [4.69, 9.17) is 4.42 Å². The largest absolute Gasteiger partial charge is 0.481 e. The predicted molar refractivity (Wildman–Crippen MR) is 84.6 cm³/mol. The molecular formula is C18H25NO4. The van der Waals surface area contributed by atoms with Crippen molar-refractivity contribution in [2.24, 2.45) is 11.8 Å². The van der Waals surface area contributed by atoms with Gasteiger partial charge in [0.25, 0.3) is 0 Å². The van der Waals surface area contributed by atoms with Gasteiger partial charge in [-0.3, -0.25) is 9.59 Å². The van der Waals surface area contributed by atoms with E-state index in [0.717, 1.165) is 44.3 Å². The maximum absolute atomic E-state index is 13.1. The average Bonchev–Trinajstić information content (AvgIpc) is 3.25. The standard InChI is InChI=1S/C18H25NO4/c20-17(13-5-3-6-14(11-13)18(21)22)19(15-7-1-2-8-15)12-16-9-4-10-23-16/h4,9-10,13-15H,1-3,5-8,11-12H2,(H,21,22). The third-order valence-electron chi connectivity index (χ3n) is 5.33. The lowest BCUT2D eigenvalue weighted by Crippen LogP contribution is -2.43. The maximum atomic E-state index is 13.1. The molecule has 0 bridgehead atoms. The molecule has 1 aromatic heterocycles. The van der Waals surface area contributed by atoms with Crippen molar-refractivity contribution in [3.63, 3.8) is 0 Å². The summed E-state index contributed by atoms with van der Waals surface area (Å²) >= 11 is 0. The minimum atomic E-state index is -0.763. The van der Waals surface area contributed by atoms with Crippen LogP contribution in [0.2, 0.25) is 0 Å². The fourth-order valence-corrected chi connectivity index (χ4v) is 4.05. The summed E-state index contributed by atoms with van der Waals surface area (Å²) in [6.45, 7) is 0.505. The van der Waals surface area contributed by atoms with Crippen LogP contribution in [-0.2, 0) is 16.1 Å². The van der Waals surface area contributed by atoms with Crippen molar-refractivity contribution in [3.05, 3.63) is 24.2 Å². The second kappa shape index (κ2) is 7.20. The Morgan fingerprint density at radius 2 is 1.87 bits per heavy atom. The van der Waals surface area contributed by atoms with E-state index in [0.29, 0.717) is 19.4 Å². The number of furan rings is 1. The molecule has 1 heterocycles. The zero-order valence-electron chi connectivity index (χ0n) is 13.4. The number of hydrogen-bond acceptors (Lipinski definition) is 3. The first-order valence-corrected chi connectivity index (χ1v) is 8.71. The molecule has 5 heteroatoms. The monoisotopic (exact) mass is 319 g/mol. The summed E-state index contributed by atoms with van der Waals surface area (Å²) in [6, 6.07) is 4.02. The Kier molecular flexibility index (Phi) is 5.03. The maximum Gasteiger partial charge on any atom is 0.306 e. The van der Waals surface area contributed by atoms with Gasteiger partial charge in [-0.1, -0.05) is 19.3 Å². The first-order valence-electron chi connectivity index (χ1n) is 8.71. The van der Waals surface area contributed by atoms with Crippen LogP contribution in [0, 0.1) is 11.8 Å². The molecule has 126 valence electrons. The van der Waals surface area contributed by atoms with Gasteiger partial charge in [-0.2, -0.15) is 0 Å². The van der Waals surface area contributed by atoms with Gasteiger partial charge in [0.1, 0.15) is 5.76 Å². The first kappa shape index (κ1) is 16.1. The van der Waals surface area contributed by atoms with Crippen LogP contribution >= 0.6 is 0 Å². The second-order valence-electron chi connectivity index (χ2n) is 6.88. The summed E-state index contributed by atoms with van der Waals surface area (Å²) in [5.74, 6) is -0.358. The van der Waals surface area contributed by atoms with E-state index in [1.807, 2.05) is 17.0 Å². The fourth-order valence-electron chi connectivity index (χ4n) is 4.05. The van der Waals surface area contributed by atoms with Crippen LogP contribution in [0.25, 0.3) is 0 Å². The second-order valence-corrected chi connectivity index (χ2v) is 6.88. The number of nitrogens with zero attached hydrogens (tertiary/aromatic N) is 1.